The Morgan fingerprint density at radius 2 is 1.86 bits per heavy atom. The van der Waals surface area contributed by atoms with Crippen LogP contribution in [-0.2, 0) is 4.79 Å². The van der Waals surface area contributed by atoms with E-state index in [2.05, 4.69) is 26.6 Å². The van der Waals surface area contributed by atoms with Crippen LogP contribution in [0.25, 0.3) is 0 Å². The molecule has 21 heavy (non-hydrogen) atoms. The molecule has 110 valence electrons. The molecule has 2 aromatic rings. The second kappa shape index (κ2) is 7.16. The highest BCUT2D eigenvalue weighted by molar-refractivity contribution is 9.10. The summed E-state index contributed by atoms with van der Waals surface area (Å²) in [5.41, 5.74) is 2.39. The lowest BCUT2D eigenvalue weighted by Gasteiger charge is -2.11. The zero-order valence-electron chi connectivity index (χ0n) is 11.2. The first kappa shape index (κ1) is 16.1. The lowest BCUT2D eigenvalue weighted by atomic mass is 10.2. The number of para-hydroxylation sites is 1. The molecule has 0 aromatic heterocycles. The number of nitrogens with one attached hydrogen (secondary N) is 2. The predicted octanol–water partition coefficient (Wildman–Crippen LogP) is 5.11. The van der Waals surface area contributed by atoms with Gasteiger partial charge in [0.1, 0.15) is 0 Å². The van der Waals surface area contributed by atoms with Crippen molar-refractivity contribution in [1.29, 1.82) is 0 Å². The number of amides is 1. The van der Waals surface area contributed by atoms with Gasteiger partial charge in [0.2, 0.25) is 5.91 Å². The molecule has 3 nitrogen and oxygen atoms in total. The van der Waals surface area contributed by atoms with Crippen molar-refractivity contribution in [3.63, 3.8) is 0 Å². The number of anilines is 2. The SMILES string of the molecule is Cc1ccc(Br)c(NCC(=O)Nc2c(Cl)cccc2Cl)c1. The van der Waals surface area contributed by atoms with Gasteiger partial charge in [-0.15, -0.1) is 0 Å². The van der Waals surface area contributed by atoms with Crippen LogP contribution in [0.1, 0.15) is 5.56 Å². The van der Waals surface area contributed by atoms with Crippen LogP contribution in [0.2, 0.25) is 10.0 Å². The Balaban J connectivity index is 2.01. The fourth-order valence-corrected chi connectivity index (χ4v) is 2.63. The molecule has 2 aromatic carbocycles. The Kier molecular flexibility index (Phi) is 5.51. The lowest BCUT2D eigenvalue weighted by Crippen LogP contribution is -2.22. The fraction of sp³-hybridized carbons (Fsp3) is 0.133. The molecule has 0 aliphatic heterocycles. The summed E-state index contributed by atoms with van der Waals surface area (Å²) in [5, 5.41) is 6.59. The van der Waals surface area contributed by atoms with E-state index in [9.17, 15) is 4.79 Å². The first-order valence-corrected chi connectivity index (χ1v) is 7.76. The van der Waals surface area contributed by atoms with Gasteiger partial charge in [0, 0.05) is 10.2 Å². The molecule has 6 heteroatoms. The Hall–Kier alpha value is -1.23. The first-order valence-electron chi connectivity index (χ1n) is 6.21. The molecule has 0 aliphatic carbocycles. The summed E-state index contributed by atoms with van der Waals surface area (Å²) in [7, 11) is 0. The minimum Gasteiger partial charge on any atom is -0.375 e. The molecule has 0 aliphatic rings. The van der Waals surface area contributed by atoms with E-state index in [1.165, 1.54) is 0 Å². The fourth-order valence-electron chi connectivity index (χ4n) is 1.75. The van der Waals surface area contributed by atoms with Crippen LogP contribution < -0.4 is 10.6 Å². The van der Waals surface area contributed by atoms with Crippen molar-refractivity contribution in [3.8, 4) is 0 Å². The van der Waals surface area contributed by atoms with Gasteiger partial charge in [-0.1, -0.05) is 35.3 Å². The Labute approximate surface area is 141 Å². The van der Waals surface area contributed by atoms with Crippen LogP contribution in [-0.4, -0.2) is 12.5 Å². The molecule has 0 bridgehead atoms. The third kappa shape index (κ3) is 4.37. The van der Waals surface area contributed by atoms with Crippen molar-refractivity contribution < 1.29 is 4.79 Å². The maximum Gasteiger partial charge on any atom is 0.243 e. The van der Waals surface area contributed by atoms with Crippen molar-refractivity contribution in [3.05, 3.63) is 56.5 Å². The van der Waals surface area contributed by atoms with Gasteiger partial charge in [0.15, 0.2) is 0 Å². The normalized spacial score (nSPS) is 10.3. The third-order valence-electron chi connectivity index (χ3n) is 2.79. The second-order valence-electron chi connectivity index (χ2n) is 4.48. The minimum absolute atomic E-state index is 0.115. The maximum absolute atomic E-state index is 12.0. The molecule has 2 N–H and O–H groups in total. The van der Waals surface area contributed by atoms with Gasteiger partial charge in [0.05, 0.1) is 22.3 Å². The van der Waals surface area contributed by atoms with E-state index in [0.717, 1.165) is 15.7 Å². The lowest BCUT2D eigenvalue weighted by molar-refractivity contribution is -0.114. The Morgan fingerprint density at radius 1 is 1.19 bits per heavy atom. The van der Waals surface area contributed by atoms with Crippen molar-refractivity contribution in [1.82, 2.24) is 0 Å². The number of benzene rings is 2. The van der Waals surface area contributed by atoms with E-state index >= 15 is 0 Å². The summed E-state index contributed by atoms with van der Waals surface area (Å²) in [6, 6.07) is 10.9. The van der Waals surface area contributed by atoms with Crippen molar-refractivity contribution in [2.45, 2.75) is 6.92 Å². The number of hydrogen-bond acceptors (Lipinski definition) is 2. The number of halogens is 3. The number of aryl methyl sites for hydroxylation is 1. The molecular formula is C15H13BrCl2N2O. The smallest absolute Gasteiger partial charge is 0.243 e. The van der Waals surface area contributed by atoms with E-state index < -0.39 is 0 Å². The van der Waals surface area contributed by atoms with Gasteiger partial charge in [0.25, 0.3) is 0 Å². The molecule has 0 saturated heterocycles. The molecular weight excluding hydrogens is 375 g/mol. The molecule has 0 atom stereocenters. The molecule has 1 amide bonds. The second-order valence-corrected chi connectivity index (χ2v) is 6.15. The van der Waals surface area contributed by atoms with Crippen LogP contribution in [0, 0.1) is 6.92 Å². The van der Waals surface area contributed by atoms with Gasteiger partial charge in [-0.2, -0.15) is 0 Å². The summed E-state index contributed by atoms with van der Waals surface area (Å²) in [6.07, 6.45) is 0. The molecule has 0 unspecified atom stereocenters. The molecule has 2 rings (SSSR count). The van der Waals surface area contributed by atoms with Crippen LogP contribution in [0.15, 0.2) is 40.9 Å². The van der Waals surface area contributed by atoms with Gasteiger partial charge in [-0.3, -0.25) is 4.79 Å². The molecule has 0 spiro atoms. The summed E-state index contributed by atoms with van der Waals surface area (Å²) in [4.78, 5) is 12.0. The number of rotatable bonds is 4. The Morgan fingerprint density at radius 3 is 2.52 bits per heavy atom. The van der Waals surface area contributed by atoms with Crippen LogP contribution >= 0.6 is 39.1 Å². The van der Waals surface area contributed by atoms with Gasteiger partial charge in [-0.05, 0) is 52.7 Å². The summed E-state index contributed by atoms with van der Waals surface area (Å²) >= 11 is 15.5. The van der Waals surface area contributed by atoms with Crippen molar-refractivity contribution >= 4 is 56.4 Å². The third-order valence-corrected chi connectivity index (χ3v) is 4.11. The van der Waals surface area contributed by atoms with E-state index in [1.54, 1.807) is 18.2 Å². The molecule has 0 radical (unpaired) electrons. The largest absolute Gasteiger partial charge is 0.375 e. The summed E-state index contributed by atoms with van der Waals surface area (Å²) in [5.74, 6) is -0.224. The topological polar surface area (TPSA) is 41.1 Å². The van der Waals surface area contributed by atoms with Gasteiger partial charge in [-0.25, -0.2) is 0 Å². The Bertz CT molecular complexity index is 656. The maximum atomic E-state index is 12.0. The summed E-state index contributed by atoms with van der Waals surface area (Å²) in [6.45, 7) is 2.10. The van der Waals surface area contributed by atoms with Crippen LogP contribution in [0.4, 0.5) is 11.4 Å². The van der Waals surface area contributed by atoms with E-state index in [0.29, 0.717) is 15.7 Å². The van der Waals surface area contributed by atoms with E-state index in [1.807, 2.05) is 25.1 Å². The zero-order valence-corrected chi connectivity index (χ0v) is 14.3. The van der Waals surface area contributed by atoms with Crippen LogP contribution in [0.3, 0.4) is 0 Å². The zero-order chi connectivity index (χ0) is 15.4. The van der Waals surface area contributed by atoms with E-state index in [4.69, 9.17) is 23.2 Å². The monoisotopic (exact) mass is 386 g/mol. The van der Waals surface area contributed by atoms with Crippen molar-refractivity contribution in [2.75, 3.05) is 17.2 Å². The number of carbonyl (C=O) groups is 1. The standard InChI is InChI=1S/C15H13BrCl2N2O/c1-9-5-6-10(16)13(7-9)19-8-14(21)20-15-11(17)3-2-4-12(15)18/h2-7,19H,8H2,1H3,(H,20,21). The molecule has 0 saturated carbocycles. The highest BCUT2D eigenvalue weighted by Crippen LogP contribution is 2.29. The number of carbonyl (C=O) groups excluding carboxylic acids is 1. The highest BCUT2D eigenvalue weighted by atomic mass is 79.9. The van der Waals surface area contributed by atoms with Gasteiger partial charge >= 0.3 is 0 Å². The minimum atomic E-state index is -0.224. The molecule has 0 heterocycles. The summed E-state index contributed by atoms with van der Waals surface area (Å²) < 4.78 is 0.900. The van der Waals surface area contributed by atoms with Crippen molar-refractivity contribution in [2.24, 2.45) is 0 Å². The first-order chi connectivity index (χ1) is 9.97. The quantitative estimate of drug-likeness (QED) is 0.764. The van der Waals surface area contributed by atoms with Crippen LogP contribution in [0.5, 0.6) is 0 Å². The predicted molar refractivity (Wildman–Crippen MR) is 92.5 cm³/mol. The highest BCUT2D eigenvalue weighted by Gasteiger charge is 2.10. The average Bonchev–Trinajstić information content (AvgIpc) is 2.44. The molecule has 0 fully saturated rings. The van der Waals surface area contributed by atoms with E-state index in [-0.39, 0.29) is 12.5 Å². The number of hydrogen-bond donors (Lipinski definition) is 2. The van der Waals surface area contributed by atoms with Gasteiger partial charge < -0.3 is 10.6 Å². The average molecular weight is 388 g/mol.